The smallest absolute Gasteiger partial charge is 0.337 e. The van der Waals surface area contributed by atoms with E-state index in [9.17, 15) is 14.4 Å². The van der Waals surface area contributed by atoms with E-state index in [0.29, 0.717) is 16.9 Å². The lowest BCUT2D eigenvalue weighted by Gasteiger charge is -1.99. The highest BCUT2D eigenvalue weighted by Crippen LogP contribution is 2.14. The van der Waals surface area contributed by atoms with Crippen molar-refractivity contribution in [2.45, 2.75) is 6.92 Å². The van der Waals surface area contributed by atoms with Crippen LogP contribution in [0.3, 0.4) is 0 Å². The molecule has 7 aromatic carbocycles. The molecule has 0 amide bonds. The van der Waals surface area contributed by atoms with Crippen molar-refractivity contribution in [1.29, 1.82) is 0 Å². The lowest BCUT2D eigenvalue weighted by molar-refractivity contribution is -0.131. The fraction of sp³-hybridized carbons (Fsp3) is 0.0500. The van der Waals surface area contributed by atoms with Gasteiger partial charge in [0, 0.05) is 73.7 Å². The van der Waals surface area contributed by atoms with E-state index in [1.165, 1.54) is 21.1 Å². The number of benzene rings is 7. The molecule has 0 atom stereocenters. The minimum atomic E-state index is -0.391. The van der Waals surface area contributed by atoms with Gasteiger partial charge in [-0.2, -0.15) is 0 Å². The normalized spacial score (nSPS) is 9.50. The maximum Gasteiger partial charge on any atom is 0.337 e. The van der Waals surface area contributed by atoms with Crippen LogP contribution in [0.2, 0.25) is 0 Å². The van der Waals surface area contributed by atoms with Gasteiger partial charge in [-0.1, -0.05) is 71.0 Å². The summed E-state index contributed by atoms with van der Waals surface area (Å²) in [6, 6.07) is 49.8. The topological polar surface area (TPSA) is 78.9 Å². The molecule has 7 aromatic rings. The summed E-state index contributed by atoms with van der Waals surface area (Å²) >= 11 is 0. The molecule has 0 aliphatic carbocycles. The number of hydrogen-bond donors (Lipinski definition) is 0. The first-order valence-electron chi connectivity index (χ1n) is 20.4. The second-order valence-corrected chi connectivity index (χ2v) is 14.3. The summed E-state index contributed by atoms with van der Waals surface area (Å²) < 4.78 is 14.6. The minimum absolute atomic E-state index is 0.372. The second-order valence-electron chi connectivity index (χ2n) is 14.3. The largest absolute Gasteiger partial charge is 0.465 e. The lowest BCUT2D eigenvalue weighted by Crippen LogP contribution is -2.00. The standard InChI is InChI=1S/C60H36O6/c1-43(61)66-58-38-32-52(33-39-58)21-18-46-8-14-49(15-9-46)24-27-55-41-53(25-22-47-10-4-44(5-11-47)16-19-50-28-34-56(35-29-50)59(62)64-2)40-54(42-55)26-23-48-12-6-45(7-13-48)17-20-51-30-36-57(37-31-51)60(63)65-3/h4-15,28-42H,1-3H3. The van der Waals surface area contributed by atoms with Crippen LogP contribution in [0, 0.1) is 71.0 Å². The van der Waals surface area contributed by atoms with Crippen LogP contribution in [0.1, 0.15) is 94.4 Å². The summed E-state index contributed by atoms with van der Waals surface area (Å²) in [5.41, 5.74) is 10.5. The predicted molar refractivity (Wildman–Crippen MR) is 255 cm³/mol. The van der Waals surface area contributed by atoms with E-state index in [1.54, 1.807) is 72.8 Å². The highest BCUT2D eigenvalue weighted by Gasteiger charge is 2.05. The first-order valence-corrected chi connectivity index (χ1v) is 20.4. The van der Waals surface area contributed by atoms with Crippen molar-refractivity contribution < 1.29 is 28.6 Å². The molecule has 0 bridgehead atoms. The Morgan fingerprint density at radius 3 is 0.712 bits per heavy atom. The highest BCUT2D eigenvalue weighted by atomic mass is 16.5. The Hall–Kier alpha value is -9.69. The molecule has 0 aromatic heterocycles. The molecule has 7 rings (SSSR count). The van der Waals surface area contributed by atoms with Gasteiger partial charge in [0.1, 0.15) is 5.75 Å². The third-order valence-electron chi connectivity index (χ3n) is 9.42. The molecular weight excluding hydrogens is 817 g/mol. The molecular formula is C60H36O6. The first-order chi connectivity index (χ1) is 32.2. The van der Waals surface area contributed by atoms with Gasteiger partial charge in [0.25, 0.3) is 0 Å². The van der Waals surface area contributed by atoms with E-state index in [-0.39, 0.29) is 5.97 Å². The van der Waals surface area contributed by atoms with Crippen LogP contribution in [0.4, 0.5) is 0 Å². The fourth-order valence-electron chi connectivity index (χ4n) is 6.01. The molecule has 0 aliphatic heterocycles. The van der Waals surface area contributed by atoms with E-state index in [1.807, 2.05) is 91.0 Å². The third kappa shape index (κ3) is 13.2. The lowest BCUT2D eigenvalue weighted by atomic mass is 10.0. The van der Waals surface area contributed by atoms with Gasteiger partial charge in [-0.05, 0) is 164 Å². The zero-order chi connectivity index (χ0) is 46.1. The Kier molecular flexibility index (Phi) is 14.7. The van der Waals surface area contributed by atoms with Gasteiger partial charge in [0.15, 0.2) is 0 Å². The zero-order valence-electron chi connectivity index (χ0n) is 36.0. The van der Waals surface area contributed by atoms with Crippen molar-refractivity contribution in [3.8, 4) is 76.8 Å². The van der Waals surface area contributed by atoms with Crippen LogP contribution in [0.25, 0.3) is 0 Å². The Balaban J connectivity index is 1.10. The number of hydrogen-bond acceptors (Lipinski definition) is 6. The summed E-state index contributed by atoms with van der Waals surface area (Å²) in [5, 5.41) is 0. The van der Waals surface area contributed by atoms with Crippen LogP contribution in [0.5, 0.6) is 5.75 Å². The van der Waals surface area contributed by atoms with Gasteiger partial charge >= 0.3 is 17.9 Å². The Labute approximate surface area is 384 Å². The molecule has 6 nitrogen and oxygen atoms in total. The van der Waals surface area contributed by atoms with Crippen LogP contribution >= 0.6 is 0 Å². The number of methoxy groups -OCH3 is 2. The van der Waals surface area contributed by atoms with E-state index in [4.69, 9.17) is 14.2 Å². The van der Waals surface area contributed by atoms with Crippen LogP contribution in [0.15, 0.2) is 164 Å². The highest BCUT2D eigenvalue weighted by molar-refractivity contribution is 5.90. The zero-order valence-corrected chi connectivity index (χ0v) is 36.0. The Bertz CT molecular complexity index is 3170. The van der Waals surface area contributed by atoms with Crippen molar-refractivity contribution in [2.75, 3.05) is 14.2 Å². The van der Waals surface area contributed by atoms with Crippen molar-refractivity contribution in [3.05, 3.63) is 242 Å². The predicted octanol–water partition coefficient (Wildman–Crippen LogP) is 9.58. The van der Waals surface area contributed by atoms with Crippen LogP contribution < -0.4 is 4.74 Å². The maximum atomic E-state index is 11.7. The van der Waals surface area contributed by atoms with Crippen molar-refractivity contribution in [2.24, 2.45) is 0 Å². The van der Waals surface area contributed by atoms with Gasteiger partial charge in [-0.3, -0.25) is 4.79 Å². The summed E-state index contributed by atoms with van der Waals surface area (Å²) in [5.74, 6) is 37.8. The molecule has 0 fully saturated rings. The van der Waals surface area contributed by atoms with E-state index < -0.39 is 11.9 Å². The van der Waals surface area contributed by atoms with Gasteiger partial charge in [0.05, 0.1) is 25.3 Å². The number of carbonyl (C=O) groups excluding carboxylic acids is 3. The average Bonchev–Trinajstić information content (AvgIpc) is 3.36. The SMILES string of the molecule is COC(=O)c1ccc(C#Cc2ccc(C#Cc3cc(C#Cc4ccc(C#Cc5ccc(OC(C)=O)cc5)cc4)cc(C#Cc4ccc(C#Cc5ccc(C(=O)OC)cc5)cc4)c3)cc2)cc1. The summed E-state index contributed by atoms with van der Waals surface area (Å²) in [4.78, 5) is 34.7. The van der Waals surface area contributed by atoms with Crippen LogP contribution in [-0.2, 0) is 14.3 Å². The quantitative estimate of drug-likeness (QED) is 0.100. The van der Waals surface area contributed by atoms with Crippen molar-refractivity contribution in [3.63, 3.8) is 0 Å². The average molecular weight is 853 g/mol. The molecule has 6 heteroatoms. The maximum absolute atomic E-state index is 11.7. The van der Waals surface area contributed by atoms with E-state index in [0.717, 1.165) is 66.8 Å². The number of esters is 3. The molecule has 66 heavy (non-hydrogen) atoms. The Morgan fingerprint density at radius 2 is 0.500 bits per heavy atom. The molecule has 0 saturated carbocycles. The summed E-state index contributed by atoms with van der Waals surface area (Å²) in [7, 11) is 2.70. The molecule has 0 saturated heterocycles. The van der Waals surface area contributed by atoms with Gasteiger partial charge in [0.2, 0.25) is 0 Å². The second kappa shape index (κ2) is 21.9. The molecule has 312 valence electrons. The number of carbonyl (C=O) groups is 3. The molecule has 0 spiro atoms. The summed E-state index contributed by atoms with van der Waals surface area (Å²) in [6.07, 6.45) is 0. The van der Waals surface area contributed by atoms with E-state index in [2.05, 4.69) is 71.0 Å². The molecule has 0 heterocycles. The van der Waals surface area contributed by atoms with Crippen molar-refractivity contribution in [1.82, 2.24) is 0 Å². The minimum Gasteiger partial charge on any atom is -0.465 e. The van der Waals surface area contributed by atoms with Crippen LogP contribution in [-0.4, -0.2) is 32.1 Å². The summed E-state index contributed by atoms with van der Waals surface area (Å²) in [6.45, 7) is 1.36. The number of ether oxygens (including phenoxy) is 3. The first kappa shape index (κ1) is 44.4. The fourth-order valence-corrected chi connectivity index (χ4v) is 6.01. The Morgan fingerprint density at radius 1 is 0.303 bits per heavy atom. The van der Waals surface area contributed by atoms with Gasteiger partial charge in [-0.25, -0.2) is 9.59 Å². The monoisotopic (exact) mass is 852 g/mol. The molecule has 0 N–H and O–H groups in total. The van der Waals surface area contributed by atoms with Gasteiger partial charge < -0.3 is 14.2 Å². The molecule has 0 radical (unpaired) electrons. The number of rotatable bonds is 3. The van der Waals surface area contributed by atoms with Gasteiger partial charge in [-0.15, -0.1) is 0 Å². The molecule has 0 unspecified atom stereocenters. The van der Waals surface area contributed by atoms with E-state index >= 15 is 0 Å². The molecule has 0 aliphatic rings. The van der Waals surface area contributed by atoms with Crippen molar-refractivity contribution >= 4 is 17.9 Å². The third-order valence-corrected chi connectivity index (χ3v) is 9.42.